The maximum atomic E-state index is 5.34. The molecule has 0 aliphatic heterocycles. The van der Waals surface area contributed by atoms with E-state index in [1.54, 1.807) is 0 Å². The van der Waals surface area contributed by atoms with Gasteiger partial charge < -0.3 is 5.32 Å². The molecular weight excluding hydrogens is 158 g/mol. The minimum atomic E-state index is 0.219. The van der Waals surface area contributed by atoms with E-state index >= 15 is 0 Å². The zero-order valence-corrected chi connectivity index (χ0v) is 8.84. The van der Waals surface area contributed by atoms with Crippen LogP contribution in [0.1, 0.15) is 46.0 Å². The van der Waals surface area contributed by atoms with Gasteiger partial charge in [0.2, 0.25) is 0 Å². The average molecular weight is 179 g/mol. The molecule has 0 aromatic heterocycles. The Morgan fingerprint density at radius 2 is 1.85 bits per heavy atom. The van der Waals surface area contributed by atoms with Gasteiger partial charge in [-0.25, -0.2) is 0 Å². The summed E-state index contributed by atoms with van der Waals surface area (Å²) in [5, 5.41) is 3.46. The lowest BCUT2D eigenvalue weighted by Crippen LogP contribution is -2.39. The molecule has 0 heterocycles. The van der Waals surface area contributed by atoms with E-state index in [-0.39, 0.29) is 6.04 Å². The van der Waals surface area contributed by atoms with Gasteiger partial charge in [-0.05, 0) is 32.6 Å². The molecule has 0 radical (unpaired) electrons. The predicted molar refractivity (Wildman–Crippen MR) is 57.5 cm³/mol. The van der Waals surface area contributed by atoms with Crippen LogP contribution < -0.4 is 5.32 Å². The van der Waals surface area contributed by atoms with Crippen LogP contribution in [-0.2, 0) is 0 Å². The van der Waals surface area contributed by atoms with Gasteiger partial charge in [-0.2, -0.15) is 0 Å². The number of terminal acetylenes is 1. The van der Waals surface area contributed by atoms with E-state index in [4.69, 9.17) is 6.42 Å². The topological polar surface area (TPSA) is 12.0 Å². The lowest BCUT2D eigenvalue weighted by Gasteiger charge is -2.29. The van der Waals surface area contributed by atoms with E-state index in [0.717, 1.165) is 5.92 Å². The summed E-state index contributed by atoms with van der Waals surface area (Å²) in [5.41, 5.74) is 0. The third-order valence-corrected chi connectivity index (χ3v) is 3.12. The number of rotatable bonds is 3. The fourth-order valence-corrected chi connectivity index (χ4v) is 2.21. The molecule has 0 amide bonds. The summed E-state index contributed by atoms with van der Waals surface area (Å²) in [6.07, 6.45) is 12.3. The summed E-state index contributed by atoms with van der Waals surface area (Å²) in [6.45, 7) is 4.32. The van der Waals surface area contributed by atoms with Crippen molar-refractivity contribution in [2.24, 2.45) is 5.92 Å². The first kappa shape index (κ1) is 10.6. The van der Waals surface area contributed by atoms with Crippen LogP contribution in [0, 0.1) is 18.3 Å². The van der Waals surface area contributed by atoms with E-state index in [1.807, 2.05) is 0 Å². The van der Waals surface area contributed by atoms with Crippen molar-refractivity contribution in [3.8, 4) is 12.3 Å². The Morgan fingerprint density at radius 3 is 2.38 bits per heavy atom. The fraction of sp³-hybridized carbons (Fsp3) is 0.833. The molecule has 1 aliphatic rings. The molecule has 1 saturated carbocycles. The molecule has 1 rings (SSSR count). The highest BCUT2D eigenvalue weighted by Gasteiger charge is 2.20. The molecule has 1 heteroatoms. The van der Waals surface area contributed by atoms with Gasteiger partial charge in [-0.15, -0.1) is 6.42 Å². The lowest BCUT2D eigenvalue weighted by molar-refractivity contribution is 0.277. The summed E-state index contributed by atoms with van der Waals surface area (Å²) in [6, 6.07) is 0.809. The molecule has 74 valence electrons. The molecule has 13 heavy (non-hydrogen) atoms. The van der Waals surface area contributed by atoms with Gasteiger partial charge >= 0.3 is 0 Å². The lowest BCUT2D eigenvalue weighted by atomic mass is 9.84. The molecular formula is C12H21N. The SMILES string of the molecule is C#CC(C)NC(C)C1CCCCC1. The minimum absolute atomic E-state index is 0.219. The Labute approximate surface area is 82.3 Å². The molecule has 1 aliphatic carbocycles. The number of hydrogen-bond donors (Lipinski definition) is 1. The van der Waals surface area contributed by atoms with Crippen molar-refractivity contribution in [2.45, 2.75) is 58.0 Å². The zero-order chi connectivity index (χ0) is 9.68. The Morgan fingerprint density at radius 1 is 1.23 bits per heavy atom. The van der Waals surface area contributed by atoms with Crippen LogP contribution in [0.4, 0.5) is 0 Å². The Hall–Kier alpha value is -0.480. The fourth-order valence-electron chi connectivity index (χ4n) is 2.21. The van der Waals surface area contributed by atoms with Crippen molar-refractivity contribution >= 4 is 0 Å². The van der Waals surface area contributed by atoms with E-state index in [0.29, 0.717) is 6.04 Å². The highest BCUT2D eigenvalue weighted by molar-refractivity contribution is 4.97. The molecule has 1 fully saturated rings. The monoisotopic (exact) mass is 179 g/mol. The smallest absolute Gasteiger partial charge is 0.0660 e. The number of nitrogens with one attached hydrogen (secondary N) is 1. The highest BCUT2D eigenvalue weighted by Crippen LogP contribution is 2.26. The summed E-state index contributed by atoms with van der Waals surface area (Å²) in [7, 11) is 0. The Balaban J connectivity index is 2.29. The van der Waals surface area contributed by atoms with Gasteiger partial charge in [0.1, 0.15) is 0 Å². The Kier molecular flexibility index (Phi) is 4.32. The molecule has 0 bridgehead atoms. The van der Waals surface area contributed by atoms with Crippen LogP contribution in [0.25, 0.3) is 0 Å². The van der Waals surface area contributed by atoms with E-state index < -0.39 is 0 Å². The Bertz CT molecular complexity index is 174. The molecule has 1 nitrogen and oxygen atoms in total. The second-order valence-corrected chi connectivity index (χ2v) is 4.24. The van der Waals surface area contributed by atoms with Gasteiger partial charge in [0.15, 0.2) is 0 Å². The van der Waals surface area contributed by atoms with Crippen molar-refractivity contribution < 1.29 is 0 Å². The molecule has 1 N–H and O–H groups in total. The molecule has 0 spiro atoms. The standard InChI is InChI=1S/C12H21N/c1-4-10(2)13-11(3)12-8-6-5-7-9-12/h1,10-13H,5-9H2,2-3H3. The third kappa shape index (κ3) is 3.40. The normalized spacial score (nSPS) is 23.5. The molecule has 2 unspecified atom stereocenters. The van der Waals surface area contributed by atoms with Gasteiger partial charge in [-0.1, -0.05) is 25.2 Å². The van der Waals surface area contributed by atoms with Crippen LogP contribution in [0.2, 0.25) is 0 Å². The number of hydrogen-bond acceptors (Lipinski definition) is 1. The van der Waals surface area contributed by atoms with Crippen molar-refractivity contribution in [3.05, 3.63) is 0 Å². The first-order chi connectivity index (χ1) is 6.24. The summed E-state index contributed by atoms with van der Waals surface area (Å²) >= 11 is 0. The van der Waals surface area contributed by atoms with Crippen molar-refractivity contribution in [1.29, 1.82) is 0 Å². The van der Waals surface area contributed by atoms with E-state index in [9.17, 15) is 0 Å². The van der Waals surface area contributed by atoms with Crippen LogP contribution in [0.5, 0.6) is 0 Å². The zero-order valence-electron chi connectivity index (χ0n) is 8.84. The average Bonchev–Trinajstić information content (AvgIpc) is 2.19. The largest absolute Gasteiger partial charge is 0.301 e. The van der Waals surface area contributed by atoms with Gasteiger partial charge in [0.05, 0.1) is 6.04 Å². The van der Waals surface area contributed by atoms with E-state index in [1.165, 1.54) is 32.1 Å². The second kappa shape index (κ2) is 5.29. The van der Waals surface area contributed by atoms with E-state index in [2.05, 4.69) is 25.1 Å². The van der Waals surface area contributed by atoms with Gasteiger partial charge in [0, 0.05) is 6.04 Å². The maximum Gasteiger partial charge on any atom is 0.0660 e. The molecule has 2 atom stereocenters. The quantitative estimate of drug-likeness (QED) is 0.657. The molecule has 0 saturated heterocycles. The van der Waals surface area contributed by atoms with Crippen molar-refractivity contribution in [1.82, 2.24) is 5.32 Å². The van der Waals surface area contributed by atoms with Gasteiger partial charge in [0.25, 0.3) is 0 Å². The maximum absolute atomic E-state index is 5.34. The molecule has 0 aromatic rings. The minimum Gasteiger partial charge on any atom is -0.301 e. The van der Waals surface area contributed by atoms with Crippen molar-refractivity contribution in [3.63, 3.8) is 0 Å². The van der Waals surface area contributed by atoms with Gasteiger partial charge in [-0.3, -0.25) is 0 Å². The van der Waals surface area contributed by atoms with Crippen molar-refractivity contribution in [2.75, 3.05) is 0 Å². The second-order valence-electron chi connectivity index (χ2n) is 4.24. The van der Waals surface area contributed by atoms with Crippen LogP contribution in [0.15, 0.2) is 0 Å². The summed E-state index contributed by atoms with van der Waals surface area (Å²) in [5.74, 6) is 3.58. The highest BCUT2D eigenvalue weighted by atomic mass is 14.9. The summed E-state index contributed by atoms with van der Waals surface area (Å²) < 4.78 is 0. The van der Waals surface area contributed by atoms with Crippen LogP contribution >= 0.6 is 0 Å². The first-order valence-corrected chi connectivity index (χ1v) is 5.46. The van der Waals surface area contributed by atoms with Crippen LogP contribution in [-0.4, -0.2) is 12.1 Å². The third-order valence-electron chi connectivity index (χ3n) is 3.12. The van der Waals surface area contributed by atoms with Crippen LogP contribution in [0.3, 0.4) is 0 Å². The first-order valence-electron chi connectivity index (χ1n) is 5.46. The summed E-state index contributed by atoms with van der Waals surface area (Å²) in [4.78, 5) is 0. The molecule has 0 aromatic carbocycles. The predicted octanol–water partition coefficient (Wildman–Crippen LogP) is 2.57.